The van der Waals surface area contributed by atoms with Crippen molar-refractivity contribution in [1.29, 1.82) is 0 Å². The number of rotatable bonds is 3. The van der Waals surface area contributed by atoms with Crippen LogP contribution in [0.1, 0.15) is 10.4 Å². The Bertz CT molecular complexity index is 626. The normalized spacial score (nSPS) is 10.2. The molecule has 0 aliphatic carbocycles. The number of benzene rings is 1. The van der Waals surface area contributed by atoms with Crippen LogP contribution in [0.25, 0.3) is 0 Å². The number of pyridine rings is 1. The van der Waals surface area contributed by atoms with Crippen LogP contribution in [0.15, 0.2) is 41.0 Å². The Hall–Kier alpha value is -2.08. The van der Waals surface area contributed by atoms with Crippen molar-refractivity contribution >= 4 is 39.0 Å². The maximum Gasteiger partial charge on any atom is 0.255 e. The zero-order valence-electron chi connectivity index (χ0n) is 11.2. The smallest absolute Gasteiger partial charge is 0.255 e. The van der Waals surface area contributed by atoms with Crippen molar-refractivity contribution in [3.63, 3.8) is 0 Å². The fourth-order valence-corrected chi connectivity index (χ4v) is 1.97. The first-order valence-corrected chi connectivity index (χ1v) is 6.76. The van der Waals surface area contributed by atoms with Gasteiger partial charge in [0.1, 0.15) is 5.82 Å². The predicted octanol–water partition coefficient (Wildman–Crippen LogP) is 2.74. The van der Waals surface area contributed by atoms with Gasteiger partial charge in [-0.25, -0.2) is 4.98 Å². The summed E-state index contributed by atoms with van der Waals surface area (Å²) in [5.74, 6) is 0.628. The van der Waals surface area contributed by atoms with Crippen LogP contribution in [0, 0.1) is 0 Å². The summed E-state index contributed by atoms with van der Waals surface area (Å²) in [4.78, 5) is 18.2. The highest BCUT2D eigenvalue weighted by molar-refractivity contribution is 9.10. The summed E-state index contributed by atoms with van der Waals surface area (Å²) in [5.41, 5.74) is 7.47. The molecule has 0 atom stereocenters. The highest BCUT2D eigenvalue weighted by Crippen LogP contribution is 2.21. The lowest BCUT2D eigenvalue weighted by Crippen LogP contribution is -2.13. The van der Waals surface area contributed by atoms with E-state index in [9.17, 15) is 4.79 Å². The molecular weight excluding hydrogens is 320 g/mol. The van der Waals surface area contributed by atoms with Gasteiger partial charge in [-0.2, -0.15) is 0 Å². The number of carbonyl (C=O) groups excluding carboxylic acids is 1. The maximum atomic E-state index is 12.1. The second-order valence-corrected chi connectivity index (χ2v) is 5.34. The van der Waals surface area contributed by atoms with Gasteiger partial charge in [0.2, 0.25) is 0 Å². The Kier molecular flexibility index (Phi) is 4.24. The second-order valence-electron chi connectivity index (χ2n) is 4.49. The molecule has 1 heterocycles. The van der Waals surface area contributed by atoms with Crippen molar-refractivity contribution in [2.24, 2.45) is 0 Å². The van der Waals surface area contributed by atoms with Gasteiger partial charge in [-0.1, -0.05) is 0 Å². The van der Waals surface area contributed by atoms with Crippen LogP contribution >= 0.6 is 15.9 Å². The van der Waals surface area contributed by atoms with E-state index in [1.165, 1.54) is 0 Å². The molecule has 0 bridgehead atoms. The molecule has 0 radical (unpaired) electrons. The second kappa shape index (κ2) is 5.92. The largest absolute Gasteiger partial charge is 0.398 e. The minimum absolute atomic E-state index is 0.204. The highest BCUT2D eigenvalue weighted by atomic mass is 79.9. The van der Waals surface area contributed by atoms with Gasteiger partial charge in [-0.15, -0.1) is 0 Å². The number of amides is 1. The first kappa shape index (κ1) is 14.3. The number of nitrogens with zero attached hydrogens (tertiary/aromatic N) is 2. The molecule has 0 unspecified atom stereocenters. The van der Waals surface area contributed by atoms with Gasteiger partial charge in [0, 0.05) is 29.8 Å². The average Bonchev–Trinajstić information content (AvgIpc) is 2.42. The van der Waals surface area contributed by atoms with Gasteiger partial charge in [0.25, 0.3) is 5.91 Å². The molecule has 3 N–H and O–H groups in total. The van der Waals surface area contributed by atoms with E-state index in [-0.39, 0.29) is 5.91 Å². The summed E-state index contributed by atoms with van der Waals surface area (Å²) in [6, 6.07) is 8.71. The molecule has 0 aliphatic rings. The Morgan fingerprint density at radius 3 is 2.60 bits per heavy atom. The van der Waals surface area contributed by atoms with E-state index in [2.05, 4.69) is 26.2 Å². The molecule has 20 heavy (non-hydrogen) atoms. The number of halogens is 1. The van der Waals surface area contributed by atoms with Crippen molar-refractivity contribution in [2.45, 2.75) is 0 Å². The third-order valence-electron chi connectivity index (χ3n) is 2.73. The van der Waals surface area contributed by atoms with Crippen molar-refractivity contribution in [3.8, 4) is 0 Å². The van der Waals surface area contributed by atoms with Gasteiger partial charge in [-0.3, -0.25) is 4.79 Å². The molecular formula is C14H15BrN4O. The third-order valence-corrected chi connectivity index (χ3v) is 3.41. The molecule has 5 nitrogen and oxygen atoms in total. The number of nitrogens with one attached hydrogen (secondary N) is 1. The molecule has 0 spiro atoms. The lowest BCUT2D eigenvalue weighted by atomic mass is 10.2. The van der Waals surface area contributed by atoms with E-state index in [4.69, 9.17) is 5.73 Å². The minimum atomic E-state index is -0.204. The van der Waals surface area contributed by atoms with Crippen LogP contribution in [0.4, 0.5) is 17.2 Å². The summed E-state index contributed by atoms with van der Waals surface area (Å²) < 4.78 is 0.700. The fourth-order valence-electron chi connectivity index (χ4n) is 1.60. The van der Waals surface area contributed by atoms with E-state index in [0.29, 0.717) is 21.4 Å². The first-order valence-electron chi connectivity index (χ1n) is 5.97. The van der Waals surface area contributed by atoms with Crippen LogP contribution in [-0.4, -0.2) is 25.0 Å². The van der Waals surface area contributed by atoms with Crippen LogP contribution < -0.4 is 16.0 Å². The van der Waals surface area contributed by atoms with Gasteiger partial charge >= 0.3 is 0 Å². The molecule has 0 saturated carbocycles. The molecule has 0 saturated heterocycles. The standard InChI is InChI=1S/C14H15BrN4O/c1-19(2)13-6-4-10(8-17-13)18-14(20)9-3-5-12(16)11(15)7-9/h3-8H,16H2,1-2H3,(H,18,20). The number of hydrogen-bond acceptors (Lipinski definition) is 4. The van der Waals surface area contributed by atoms with Crippen molar-refractivity contribution < 1.29 is 4.79 Å². The lowest BCUT2D eigenvalue weighted by Gasteiger charge is -2.11. The predicted molar refractivity (Wildman–Crippen MR) is 85.1 cm³/mol. The number of nitrogen functional groups attached to an aromatic ring is 1. The summed E-state index contributed by atoms with van der Waals surface area (Å²) in [6.45, 7) is 0. The quantitative estimate of drug-likeness (QED) is 0.846. The highest BCUT2D eigenvalue weighted by Gasteiger charge is 2.08. The van der Waals surface area contributed by atoms with E-state index in [1.54, 1.807) is 24.4 Å². The van der Waals surface area contributed by atoms with E-state index < -0.39 is 0 Å². The zero-order valence-corrected chi connectivity index (χ0v) is 12.8. The average molecular weight is 335 g/mol. The minimum Gasteiger partial charge on any atom is -0.398 e. The van der Waals surface area contributed by atoms with Crippen LogP contribution in [0.3, 0.4) is 0 Å². The summed E-state index contributed by atoms with van der Waals surface area (Å²) in [7, 11) is 3.82. The van der Waals surface area contributed by atoms with Gasteiger partial charge in [-0.05, 0) is 46.3 Å². The fraction of sp³-hybridized carbons (Fsp3) is 0.143. The van der Waals surface area contributed by atoms with Gasteiger partial charge in [0.05, 0.1) is 11.9 Å². The van der Waals surface area contributed by atoms with Crippen LogP contribution in [0.5, 0.6) is 0 Å². The number of aromatic nitrogens is 1. The lowest BCUT2D eigenvalue weighted by molar-refractivity contribution is 0.102. The number of hydrogen-bond donors (Lipinski definition) is 2. The van der Waals surface area contributed by atoms with Crippen LogP contribution in [-0.2, 0) is 0 Å². The van der Waals surface area contributed by atoms with Crippen molar-refractivity contribution in [1.82, 2.24) is 4.98 Å². The van der Waals surface area contributed by atoms with E-state index in [0.717, 1.165) is 5.82 Å². The zero-order chi connectivity index (χ0) is 14.7. The molecule has 6 heteroatoms. The molecule has 0 aliphatic heterocycles. The monoisotopic (exact) mass is 334 g/mol. The molecule has 2 rings (SSSR count). The number of nitrogens with two attached hydrogens (primary N) is 1. The van der Waals surface area contributed by atoms with Crippen LogP contribution in [0.2, 0.25) is 0 Å². The molecule has 1 aromatic carbocycles. The molecule has 1 aromatic heterocycles. The Morgan fingerprint density at radius 2 is 2.05 bits per heavy atom. The number of carbonyl (C=O) groups is 1. The van der Waals surface area contributed by atoms with Crippen molar-refractivity contribution in [3.05, 3.63) is 46.6 Å². The topological polar surface area (TPSA) is 71.2 Å². The van der Waals surface area contributed by atoms with Crippen molar-refractivity contribution in [2.75, 3.05) is 30.0 Å². The summed E-state index contributed by atoms with van der Waals surface area (Å²) >= 11 is 3.30. The summed E-state index contributed by atoms with van der Waals surface area (Å²) in [6.07, 6.45) is 1.62. The Balaban J connectivity index is 2.12. The van der Waals surface area contributed by atoms with E-state index in [1.807, 2.05) is 31.1 Å². The van der Waals surface area contributed by atoms with Gasteiger partial charge < -0.3 is 16.0 Å². The molecule has 1 amide bonds. The Morgan fingerprint density at radius 1 is 1.30 bits per heavy atom. The third kappa shape index (κ3) is 3.27. The SMILES string of the molecule is CN(C)c1ccc(NC(=O)c2ccc(N)c(Br)c2)cn1. The number of anilines is 3. The Labute approximate surface area is 125 Å². The first-order chi connectivity index (χ1) is 9.47. The maximum absolute atomic E-state index is 12.1. The van der Waals surface area contributed by atoms with Gasteiger partial charge in [0.15, 0.2) is 0 Å². The summed E-state index contributed by atoms with van der Waals surface area (Å²) in [5, 5.41) is 2.79. The molecule has 2 aromatic rings. The van der Waals surface area contributed by atoms with E-state index >= 15 is 0 Å². The molecule has 104 valence electrons. The molecule has 0 fully saturated rings.